The van der Waals surface area contributed by atoms with Crippen LogP contribution in [-0.4, -0.2) is 48.3 Å². The van der Waals surface area contributed by atoms with Crippen LogP contribution in [0.4, 0.5) is 5.13 Å². The molecule has 1 fully saturated rings. The van der Waals surface area contributed by atoms with Crippen molar-refractivity contribution >= 4 is 45.7 Å². The molecular weight excluding hydrogens is 663 g/mol. The predicted octanol–water partition coefficient (Wildman–Crippen LogP) is 7.37. The number of ether oxygens (including phenoxy) is 4. The molecule has 10 nitrogen and oxygen atoms in total. The number of hydrogen-bond acceptors (Lipinski definition) is 11. The molecule has 1 N–H and O–H groups in total. The Morgan fingerprint density at radius 3 is 2.20 bits per heavy atom. The van der Waals surface area contributed by atoms with E-state index < -0.39 is 17.7 Å². The van der Waals surface area contributed by atoms with E-state index in [4.69, 9.17) is 18.9 Å². The SMILES string of the molecule is COc1cc(C2/C(=C(\O)c3ccc(OCc4ccccc4C)cc3)C(=O)C(=O)N2c2nnc(SCc3ccccc3)s2)cc(OC)c1OC. The fourth-order valence-corrected chi connectivity index (χ4v) is 7.30. The molecule has 6 rings (SSSR count). The number of rotatable bonds is 12. The molecule has 0 bridgehead atoms. The molecule has 49 heavy (non-hydrogen) atoms. The number of Topliss-reactive ketones (excluding diaryl/α,β-unsaturated/α-hetero) is 1. The van der Waals surface area contributed by atoms with E-state index in [0.29, 0.717) is 50.8 Å². The largest absolute Gasteiger partial charge is 0.507 e. The zero-order chi connectivity index (χ0) is 34.5. The molecule has 1 unspecified atom stereocenters. The summed E-state index contributed by atoms with van der Waals surface area (Å²) in [7, 11) is 4.43. The van der Waals surface area contributed by atoms with Crippen LogP contribution in [-0.2, 0) is 21.9 Å². The van der Waals surface area contributed by atoms with Crippen LogP contribution in [0.2, 0.25) is 0 Å². The van der Waals surface area contributed by atoms with Crippen molar-refractivity contribution in [2.24, 2.45) is 0 Å². The van der Waals surface area contributed by atoms with E-state index >= 15 is 0 Å². The lowest BCUT2D eigenvalue weighted by Crippen LogP contribution is -2.29. The third-order valence-corrected chi connectivity index (χ3v) is 10.2. The average Bonchev–Trinajstić information content (AvgIpc) is 3.71. The topological polar surface area (TPSA) is 120 Å². The van der Waals surface area contributed by atoms with Gasteiger partial charge in [-0.2, -0.15) is 0 Å². The van der Waals surface area contributed by atoms with E-state index in [0.717, 1.165) is 16.7 Å². The van der Waals surface area contributed by atoms with Crippen molar-refractivity contribution in [3.05, 3.63) is 124 Å². The first kappa shape index (κ1) is 33.6. The number of hydrogen-bond donors (Lipinski definition) is 1. The minimum Gasteiger partial charge on any atom is -0.507 e. The minimum absolute atomic E-state index is 0.124. The maximum Gasteiger partial charge on any atom is 0.301 e. The van der Waals surface area contributed by atoms with E-state index in [1.54, 1.807) is 36.4 Å². The van der Waals surface area contributed by atoms with Crippen molar-refractivity contribution in [1.82, 2.24) is 10.2 Å². The Kier molecular flexibility index (Phi) is 10.2. The number of benzene rings is 4. The quantitative estimate of drug-likeness (QED) is 0.0466. The lowest BCUT2D eigenvalue weighted by atomic mass is 9.94. The number of carbonyl (C=O) groups is 2. The molecule has 12 heteroatoms. The van der Waals surface area contributed by atoms with Gasteiger partial charge in [-0.15, -0.1) is 10.2 Å². The van der Waals surface area contributed by atoms with Crippen molar-refractivity contribution in [2.45, 2.75) is 29.7 Å². The highest BCUT2D eigenvalue weighted by atomic mass is 32.2. The van der Waals surface area contributed by atoms with Gasteiger partial charge in [0, 0.05) is 11.3 Å². The lowest BCUT2D eigenvalue weighted by Gasteiger charge is -2.24. The second-order valence-electron chi connectivity index (χ2n) is 11.0. The van der Waals surface area contributed by atoms with Crippen LogP contribution in [0.3, 0.4) is 0 Å². The highest BCUT2D eigenvalue weighted by molar-refractivity contribution is 8.00. The van der Waals surface area contributed by atoms with Gasteiger partial charge in [-0.05, 0) is 65.6 Å². The summed E-state index contributed by atoms with van der Waals surface area (Å²) in [5.74, 6) is 0.114. The molecule has 0 saturated carbocycles. The number of thioether (sulfide) groups is 1. The van der Waals surface area contributed by atoms with E-state index in [-0.39, 0.29) is 16.5 Å². The molecule has 1 aliphatic heterocycles. The Labute approximate surface area is 291 Å². The lowest BCUT2D eigenvalue weighted by molar-refractivity contribution is -0.132. The Bertz CT molecular complexity index is 1990. The fourth-order valence-electron chi connectivity index (χ4n) is 5.48. The van der Waals surface area contributed by atoms with Gasteiger partial charge in [0.25, 0.3) is 5.78 Å². The summed E-state index contributed by atoms with van der Waals surface area (Å²) < 4.78 is 23.3. The van der Waals surface area contributed by atoms with Gasteiger partial charge in [-0.1, -0.05) is 77.7 Å². The summed E-state index contributed by atoms with van der Waals surface area (Å²) in [6, 6.07) is 26.8. The molecule has 2 heterocycles. The van der Waals surface area contributed by atoms with Crippen molar-refractivity contribution < 1.29 is 33.6 Å². The van der Waals surface area contributed by atoms with Gasteiger partial charge in [-0.25, -0.2) is 0 Å². The summed E-state index contributed by atoms with van der Waals surface area (Å²) in [5, 5.41) is 20.5. The number of amides is 1. The van der Waals surface area contributed by atoms with Gasteiger partial charge in [0.2, 0.25) is 10.9 Å². The van der Waals surface area contributed by atoms with Crippen molar-refractivity contribution in [3.8, 4) is 23.0 Å². The van der Waals surface area contributed by atoms with Crippen LogP contribution in [0, 0.1) is 6.92 Å². The van der Waals surface area contributed by atoms with E-state index in [1.807, 2.05) is 61.5 Å². The number of ketones is 1. The van der Waals surface area contributed by atoms with Crippen LogP contribution in [0.1, 0.15) is 33.9 Å². The molecule has 1 aromatic heterocycles. The Balaban J connectivity index is 1.38. The van der Waals surface area contributed by atoms with Crippen LogP contribution in [0.5, 0.6) is 23.0 Å². The van der Waals surface area contributed by atoms with Gasteiger partial charge in [0.15, 0.2) is 15.8 Å². The van der Waals surface area contributed by atoms with E-state index in [2.05, 4.69) is 10.2 Å². The second kappa shape index (κ2) is 14.8. The van der Waals surface area contributed by atoms with Crippen molar-refractivity contribution in [2.75, 3.05) is 26.2 Å². The van der Waals surface area contributed by atoms with Gasteiger partial charge in [0.1, 0.15) is 18.1 Å². The number of methoxy groups -OCH3 is 3. The molecule has 0 radical (unpaired) electrons. The van der Waals surface area contributed by atoms with Gasteiger partial charge in [-0.3, -0.25) is 14.5 Å². The van der Waals surface area contributed by atoms with E-state index in [9.17, 15) is 14.7 Å². The molecule has 1 aliphatic rings. The zero-order valence-corrected chi connectivity index (χ0v) is 28.8. The standard InChI is InChI=1S/C37H33N3O7S2/c1-22-10-8-9-13-25(22)20-47-27-16-14-24(15-17-27)32(41)30-31(26-18-28(44-2)34(46-4)29(19-26)45-3)40(35(43)33(30)42)36-38-39-37(49-36)48-21-23-11-6-5-7-12-23/h5-19,31,41H,20-21H2,1-4H3/b32-30+. The number of aliphatic hydroxyl groups excluding tert-OH is 1. The highest BCUT2D eigenvalue weighted by Gasteiger charge is 2.49. The fraction of sp³-hybridized carbons (Fsp3) is 0.189. The van der Waals surface area contributed by atoms with Crippen LogP contribution in [0.25, 0.3) is 5.76 Å². The molecule has 4 aromatic carbocycles. The number of aromatic nitrogens is 2. The molecule has 1 atom stereocenters. The third kappa shape index (κ3) is 6.96. The predicted molar refractivity (Wildman–Crippen MR) is 189 cm³/mol. The van der Waals surface area contributed by atoms with Crippen molar-refractivity contribution in [3.63, 3.8) is 0 Å². The zero-order valence-electron chi connectivity index (χ0n) is 27.2. The molecule has 250 valence electrons. The molecule has 1 amide bonds. The van der Waals surface area contributed by atoms with Crippen LogP contribution >= 0.6 is 23.1 Å². The second-order valence-corrected chi connectivity index (χ2v) is 13.2. The normalized spacial score (nSPS) is 15.3. The molecular formula is C37H33N3O7S2. The highest BCUT2D eigenvalue weighted by Crippen LogP contribution is 2.48. The number of aliphatic hydroxyl groups is 1. The van der Waals surface area contributed by atoms with Gasteiger partial charge >= 0.3 is 5.91 Å². The summed E-state index contributed by atoms with van der Waals surface area (Å²) in [6.45, 7) is 2.39. The monoisotopic (exact) mass is 695 g/mol. The summed E-state index contributed by atoms with van der Waals surface area (Å²) in [4.78, 5) is 28.9. The third-order valence-electron chi connectivity index (χ3n) is 8.04. The first-order valence-electron chi connectivity index (χ1n) is 15.2. The summed E-state index contributed by atoms with van der Waals surface area (Å²) in [6.07, 6.45) is 0. The van der Waals surface area contributed by atoms with Crippen LogP contribution in [0.15, 0.2) is 101 Å². The molecule has 0 aliphatic carbocycles. The number of aryl methyl sites for hydroxylation is 1. The number of anilines is 1. The van der Waals surface area contributed by atoms with Crippen molar-refractivity contribution in [1.29, 1.82) is 0 Å². The van der Waals surface area contributed by atoms with Gasteiger partial charge in [0.05, 0.1) is 32.9 Å². The number of carbonyl (C=O) groups excluding carboxylic acids is 2. The molecule has 1 saturated heterocycles. The smallest absolute Gasteiger partial charge is 0.301 e. The van der Waals surface area contributed by atoms with E-state index in [1.165, 1.54) is 49.3 Å². The summed E-state index contributed by atoms with van der Waals surface area (Å²) in [5.41, 5.74) is 3.91. The minimum atomic E-state index is -1.09. The Morgan fingerprint density at radius 2 is 1.55 bits per heavy atom. The van der Waals surface area contributed by atoms with Crippen LogP contribution < -0.4 is 23.8 Å². The Hall–Kier alpha value is -5.33. The average molecular weight is 696 g/mol. The maximum atomic E-state index is 13.8. The molecule has 5 aromatic rings. The number of nitrogens with zero attached hydrogens (tertiary/aromatic N) is 3. The Morgan fingerprint density at radius 1 is 0.878 bits per heavy atom. The molecule has 0 spiro atoms. The summed E-state index contributed by atoms with van der Waals surface area (Å²) >= 11 is 2.65. The first-order valence-corrected chi connectivity index (χ1v) is 17.0. The first-order chi connectivity index (χ1) is 23.8. The van der Waals surface area contributed by atoms with Gasteiger partial charge < -0.3 is 24.1 Å². The maximum absolute atomic E-state index is 13.8.